The number of esters is 1. The second kappa shape index (κ2) is 7.05. The van der Waals surface area contributed by atoms with Crippen molar-refractivity contribution in [2.75, 3.05) is 5.32 Å². The predicted octanol–water partition coefficient (Wildman–Crippen LogP) is 4.01. The molecular weight excluding hydrogens is 297 g/mol. The summed E-state index contributed by atoms with van der Waals surface area (Å²) in [6, 6.07) is 10.9. The van der Waals surface area contributed by atoms with Crippen LogP contribution < -0.4 is 5.32 Å². The van der Waals surface area contributed by atoms with Crippen LogP contribution in [0.1, 0.15) is 41.4 Å². The number of benzene rings is 2. The van der Waals surface area contributed by atoms with Crippen molar-refractivity contribution in [2.45, 2.75) is 26.9 Å². The number of hydrogen-bond donors (Lipinski definition) is 1. The van der Waals surface area contributed by atoms with Crippen LogP contribution in [0.2, 0.25) is 0 Å². The summed E-state index contributed by atoms with van der Waals surface area (Å²) in [6.07, 6.45) is -0.534. The van der Waals surface area contributed by atoms with E-state index in [1.165, 1.54) is 19.1 Å². The summed E-state index contributed by atoms with van der Waals surface area (Å²) in [5.74, 6) is -1.16. The van der Waals surface area contributed by atoms with E-state index in [1.807, 2.05) is 0 Å². The summed E-state index contributed by atoms with van der Waals surface area (Å²) in [5.41, 5.74) is 2.18. The zero-order valence-corrected chi connectivity index (χ0v) is 13.2. The number of aryl methyl sites for hydroxylation is 1. The van der Waals surface area contributed by atoms with Crippen LogP contribution in [0.25, 0.3) is 0 Å². The lowest BCUT2D eigenvalue weighted by Crippen LogP contribution is -2.15. The van der Waals surface area contributed by atoms with Gasteiger partial charge in [0, 0.05) is 6.92 Å². The Morgan fingerprint density at radius 3 is 2.39 bits per heavy atom. The first kappa shape index (κ1) is 16.7. The molecule has 0 aromatic heterocycles. The number of anilines is 1. The van der Waals surface area contributed by atoms with Gasteiger partial charge in [0.2, 0.25) is 5.91 Å². The van der Waals surface area contributed by atoms with E-state index in [0.29, 0.717) is 11.3 Å². The fraction of sp³-hybridized carbons (Fsp3) is 0.222. The number of para-hydroxylation sites is 1. The first-order valence-electron chi connectivity index (χ1n) is 7.22. The van der Waals surface area contributed by atoms with E-state index in [2.05, 4.69) is 5.32 Å². The zero-order valence-electron chi connectivity index (χ0n) is 13.2. The Balaban J connectivity index is 2.22. The number of amides is 1. The van der Waals surface area contributed by atoms with Gasteiger partial charge in [-0.2, -0.15) is 0 Å². The molecule has 0 saturated carbocycles. The SMILES string of the molecule is CC(=O)Nc1c(C)cccc1C(=O)OC(C)c1ccc(F)cc1. The Bertz CT molecular complexity index is 726. The lowest BCUT2D eigenvalue weighted by atomic mass is 10.1. The largest absolute Gasteiger partial charge is 0.454 e. The van der Waals surface area contributed by atoms with Gasteiger partial charge in [0.05, 0.1) is 11.3 Å². The molecule has 0 aliphatic heterocycles. The third kappa shape index (κ3) is 4.16. The number of halogens is 1. The van der Waals surface area contributed by atoms with Crippen LogP contribution >= 0.6 is 0 Å². The second-order valence-corrected chi connectivity index (χ2v) is 5.28. The molecule has 2 aromatic rings. The lowest BCUT2D eigenvalue weighted by Gasteiger charge is -2.16. The van der Waals surface area contributed by atoms with Crippen molar-refractivity contribution in [1.82, 2.24) is 0 Å². The summed E-state index contributed by atoms with van der Waals surface area (Å²) in [4.78, 5) is 23.7. The Kier molecular flexibility index (Phi) is 5.11. The van der Waals surface area contributed by atoms with Gasteiger partial charge in [-0.05, 0) is 43.2 Å². The molecule has 23 heavy (non-hydrogen) atoms. The van der Waals surface area contributed by atoms with Gasteiger partial charge in [0.1, 0.15) is 11.9 Å². The van der Waals surface area contributed by atoms with E-state index in [-0.39, 0.29) is 17.3 Å². The van der Waals surface area contributed by atoms with E-state index in [1.54, 1.807) is 44.2 Å². The number of hydrogen-bond acceptors (Lipinski definition) is 3. The average Bonchev–Trinajstić information content (AvgIpc) is 2.49. The van der Waals surface area contributed by atoms with Crippen LogP contribution in [0.5, 0.6) is 0 Å². The minimum atomic E-state index is -0.547. The molecule has 4 nitrogen and oxygen atoms in total. The maximum Gasteiger partial charge on any atom is 0.340 e. The van der Waals surface area contributed by atoms with Gasteiger partial charge in [0.25, 0.3) is 0 Å². The molecule has 0 bridgehead atoms. The molecule has 0 spiro atoms. The minimum Gasteiger partial charge on any atom is -0.454 e. The van der Waals surface area contributed by atoms with Gasteiger partial charge in [-0.15, -0.1) is 0 Å². The van der Waals surface area contributed by atoms with Crippen molar-refractivity contribution in [1.29, 1.82) is 0 Å². The Labute approximate surface area is 134 Å². The van der Waals surface area contributed by atoms with Crippen molar-refractivity contribution >= 4 is 17.6 Å². The number of carbonyl (C=O) groups excluding carboxylic acids is 2. The highest BCUT2D eigenvalue weighted by Gasteiger charge is 2.18. The summed E-state index contributed by atoms with van der Waals surface area (Å²) < 4.78 is 18.4. The molecule has 2 aromatic carbocycles. The highest BCUT2D eigenvalue weighted by atomic mass is 19.1. The van der Waals surface area contributed by atoms with Crippen LogP contribution in [0, 0.1) is 12.7 Å². The van der Waals surface area contributed by atoms with E-state index in [0.717, 1.165) is 5.56 Å². The lowest BCUT2D eigenvalue weighted by molar-refractivity contribution is -0.114. The molecule has 0 aliphatic carbocycles. The average molecular weight is 315 g/mol. The van der Waals surface area contributed by atoms with E-state index in [4.69, 9.17) is 4.74 Å². The minimum absolute atomic E-state index is 0.264. The van der Waals surface area contributed by atoms with Crippen molar-refractivity contribution in [3.8, 4) is 0 Å². The molecule has 0 radical (unpaired) electrons. The fourth-order valence-corrected chi connectivity index (χ4v) is 2.21. The van der Waals surface area contributed by atoms with Gasteiger partial charge in [-0.1, -0.05) is 24.3 Å². The maximum absolute atomic E-state index is 12.9. The van der Waals surface area contributed by atoms with E-state index in [9.17, 15) is 14.0 Å². The predicted molar refractivity (Wildman–Crippen MR) is 85.7 cm³/mol. The summed E-state index contributed by atoms with van der Waals surface area (Å²) in [5, 5.41) is 2.65. The normalized spacial score (nSPS) is 11.7. The van der Waals surface area contributed by atoms with Gasteiger partial charge in [-0.25, -0.2) is 9.18 Å². The second-order valence-electron chi connectivity index (χ2n) is 5.28. The molecule has 0 aliphatic rings. The maximum atomic E-state index is 12.9. The van der Waals surface area contributed by atoms with Gasteiger partial charge in [0.15, 0.2) is 0 Å². The smallest absolute Gasteiger partial charge is 0.340 e. The summed E-state index contributed by atoms with van der Waals surface area (Å²) >= 11 is 0. The Morgan fingerprint density at radius 2 is 1.78 bits per heavy atom. The van der Waals surface area contributed by atoms with Gasteiger partial charge in [-0.3, -0.25) is 4.79 Å². The molecule has 1 unspecified atom stereocenters. The molecule has 1 amide bonds. The van der Waals surface area contributed by atoms with Crippen molar-refractivity contribution in [2.24, 2.45) is 0 Å². The van der Waals surface area contributed by atoms with Gasteiger partial charge < -0.3 is 10.1 Å². The zero-order chi connectivity index (χ0) is 17.0. The molecular formula is C18H18FNO3. The molecule has 5 heteroatoms. The molecule has 0 heterocycles. The van der Waals surface area contributed by atoms with Crippen molar-refractivity contribution < 1.29 is 18.7 Å². The van der Waals surface area contributed by atoms with Crippen LogP contribution in [-0.4, -0.2) is 11.9 Å². The molecule has 1 atom stereocenters. The molecule has 0 saturated heterocycles. The number of rotatable bonds is 4. The Hall–Kier alpha value is -2.69. The van der Waals surface area contributed by atoms with Crippen LogP contribution in [-0.2, 0) is 9.53 Å². The van der Waals surface area contributed by atoms with Crippen molar-refractivity contribution in [3.63, 3.8) is 0 Å². The monoisotopic (exact) mass is 315 g/mol. The molecule has 0 fully saturated rings. The van der Waals surface area contributed by atoms with Crippen LogP contribution in [0.4, 0.5) is 10.1 Å². The third-order valence-corrected chi connectivity index (χ3v) is 3.42. The fourth-order valence-electron chi connectivity index (χ4n) is 2.21. The molecule has 2 rings (SSSR count). The van der Waals surface area contributed by atoms with Gasteiger partial charge >= 0.3 is 5.97 Å². The van der Waals surface area contributed by atoms with E-state index >= 15 is 0 Å². The highest BCUT2D eigenvalue weighted by Crippen LogP contribution is 2.25. The first-order valence-corrected chi connectivity index (χ1v) is 7.22. The van der Waals surface area contributed by atoms with E-state index < -0.39 is 12.1 Å². The number of ether oxygens (including phenoxy) is 1. The quantitative estimate of drug-likeness (QED) is 0.867. The number of carbonyl (C=O) groups is 2. The van der Waals surface area contributed by atoms with Crippen LogP contribution in [0.15, 0.2) is 42.5 Å². The molecule has 1 N–H and O–H groups in total. The number of nitrogens with one attached hydrogen (secondary N) is 1. The topological polar surface area (TPSA) is 55.4 Å². The summed E-state index contributed by atoms with van der Waals surface area (Å²) in [6.45, 7) is 4.88. The molecule has 120 valence electrons. The summed E-state index contributed by atoms with van der Waals surface area (Å²) in [7, 11) is 0. The standard InChI is InChI=1S/C18H18FNO3/c1-11-5-4-6-16(17(11)20-13(3)21)18(22)23-12(2)14-7-9-15(19)10-8-14/h4-10,12H,1-3H3,(H,20,21). The first-order chi connectivity index (χ1) is 10.9. The van der Waals surface area contributed by atoms with Crippen molar-refractivity contribution in [3.05, 3.63) is 65.0 Å². The highest BCUT2D eigenvalue weighted by molar-refractivity contribution is 6.01. The van der Waals surface area contributed by atoms with Crippen LogP contribution in [0.3, 0.4) is 0 Å². The third-order valence-electron chi connectivity index (χ3n) is 3.42. The Morgan fingerprint density at radius 1 is 1.13 bits per heavy atom.